The number of para-hydroxylation sites is 2. The third-order valence-corrected chi connectivity index (χ3v) is 8.61. The quantitative estimate of drug-likeness (QED) is 0.246. The molecule has 35 heavy (non-hydrogen) atoms. The molecule has 1 nitrogen and oxygen atoms in total. The molecule has 5 aromatic carbocycles. The smallest absolute Gasteiger partial charge is 0.0541 e. The van der Waals surface area contributed by atoms with Crippen molar-refractivity contribution in [2.24, 2.45) is 0 Å². The largest absolute Gasteiger partial charge is 0.309 e. The Hall–Kier alpha value is -3.75. The van der Waals surface area contributed by atoms with E-state index in [1.54, 1.807) is 0 Å². The van der Waals surface area contributed by atoms with Gasteiger partial charge in [-0.05, 0) is 70.8 Å². The van der Waals surface area contributed by atoms with E-state index in [1.807, 2.05) is 11.8 Å². The summed E-state index contributed by atoms with van der Waals surface area (Å²) in [6.07, 6.45) is 0. The first-order valence-electron chi connectivity index (χ1n) is 12.1. The molecule has 0 bridgehead atoms. The molecule has 6 aromatic rings. The van der Waals surface area contributed by atoms with Crippen LogP contribution in [0.4, 0.5) is 0 Å². The van der Waals surface area contributed by atoms with Crippen LogP contribution in [0.15, 0.2) is 125 Å². The van der Waals surface area contributed by atoms with E-state index < -0.39 is 0 Å². The molecule has 1 aromatic heterocycles. The van der Waals surface area contributed by atoms with Crippen molar-refractivity contribution in [2.45, 2.75) is 29.1 Å². The van der Waals surface area contributed by atoms with E-state index in [2.05, 4.69) is 134 Å². The zero-order valence-electron chi connectivity index (χ0n) is 19.8. The molecule has 0 N–H and O–H groups in total. The monoisotopic (exact) mass is 467 g/mol. The summed E-state index contributed by atoms with van der Waals surface area (Å²) in [5.41, 5.74) is 9.00. The Bertz CT molecular complexity index is 1740. The lowest BCUT2D eigenvalue weighted by Gasteiger charge is -2.34. The van der Waals surface area contributed by atoms with Crippen molar-refractivity contribution in [3.8, 4) is 16.8 Å². The molecule has 0 atom stereocenters. The van der Waals surface area contributed by atoms with Crippen LogP contribution in [0.2, 0.25) is 0 Å². The van der Waals surface area contributed by atoms with Crippen LogP contribution < -0.4 is 0 Å². The Morgan fingerprint density at radius 1 is 0.543 bits per heavy atom. The van der Waals surface area contributed by atoms with Crippen molar-refractivity contribution < 1.29 is 0 Å². The Labute approximate surface area is 210 Å². The van der Waals surface area contributed by atoms with Gasteiger partial charge in [0.05, 0.1) is 11.0 Å². The topological polar surface area (TPSA) is 4.93 Å². The van der Waals surface area contributed by atoms with Gasteiger partial charge in [-0.15, -0.1) is 0 Å². The number of hydrogen-bond donors (Lipinski definition) is 0. The zero-order valence-corrected chi connectivity index (χ0v) is 20.6. The summed E-state index contributed by atoms with van der Waals surface area (Å²) in [6.45, 7) is 4.70. The highest BCUT2D eigenvalue weighted by atomic mass is 32.2. The number of fused-ring (bicyclic) bond motifs is 5. The van der Waals surface area contributed by atoms with Crippen molar-refractivity contribution in [2.75, 3.05) is 0 Å². The highest BCUT2D eigenvalue weighted by molar-refractivity contribution is 7.99. The number of aromatic nitrogens is 1. The van der Waals surface area contributed by atoms with Crippen LogP contribution in [-0.4, -0.2) is 4.57 Å². The minimum absolute atomic E-state index is 0.0272. The van der Waals surface area contributed by atoms with E-state index in [0.717, 1.165) is 0 Å². The molecule has 0 unspecified atom stereocenters. The summed E-state index contributed by atoms with van der Waals surface area (Å²) < 4.78 is 2.37. The van der Waals surface area contributed by atoms with Crippen LogP contribution in [0.5, 0.6) is 0 Å². The summed E-state index contributed by atoms with van der Waals surface area (Å²) in [6, 6.07) is 42.1. The molecule has 0 radical (unpaired) electrons. The Balaban J connectivity index is 1.41. The molecule has 0 fully saturated rings. The minimum atomic E-state index is -0.0272. The average Bonchev–Trinajstić information content (AvgIpc) is 3.23. The molecule has 7 rings (SSSR count). The van der Waals surface area contributed by atoms with Crippen LogP contribution in [0, 0.1) is 0 Å². The van der Waals surface area contributed by atoms with Crippen LogP contribution in [0.25, 0.3) is 38.6 Å². The highest BCUT2D eigenvalue weighted by Crippen LogP contribution is 2.50. The van der Waals surface area contributed by atoms with Gasteiger partial charge in [-0.1, -0.05) is 92.3 Å². The fourth-order valence-corrected chi connectivity index (χ4v) is 7.01. The van der Waals surface area contributed by atoms with Crippen molar-refractivity contribution in [1.82, 2.24) is 4.57 Å². The van der Waals surface area contributed by atoms with Crippen molar-refractivity contribution >= 4 is 33.6 Å². The van der Waals surface area contributed by atoms with Gasteiger partial charge in [-0.3, -0.25) is 0 Å². The molecule has 2 heteroatoms. The van der Waals surface area contributed by atoms with Crippen LogP contribution in [-0.2, 0) is 5.41 Å². The van der Waals surface area contributed by atoms with E-state index >= 15 is 0 Å². The fraction of sp³-hybridized carbons (Fsp3) is 0.0909. The second-order valence-electron chi connectivity index (χ2n) is 9.85. The molecular weight excluding hydrogens is 442 g/mol. The summed E-state index contributed by atoms with van der Waals surface area (Å²) in [5.74, 6) is 0. The van der Waals surface area contributed by atoms with Gasteiger partial charge < -0.3 is 4.57 Å². The molecule has 2 heterocycles. The summed E-state index contributed by atoms with van der Waals surface area (Å²) in [5, 5.41) is 2.58. The lowest BCUT2D eigenvalue weighted by Crippen LogP contribution is -2.23. The maximum atomic E-state index is 2.41. The van der Waals surface area contributed by atoms with Gasteiger partial charge in [-0.25, -0.2) is 0 Å². The predicted octanol–water partition coefficient (Wildman–Crippen LogP) is 9.24. The number of hydrogen-bond acceptors (Lipinski definition) is 1. The molecular formula is C33H25NS. The van der Waals surface area contributed by atoms with Crippen LogP contribution >= 0.6 is 11.8 Å². The SMILES string of the molecule is CC1(C)c2ccccc2Sc2ccc(-c3ccc4c(c3)c3ccccc3n4-c3ccccc3)cc21. The van der Waals surface area contributed by atoms with E-state index in [-0.39, 0.29) is 5.41 Å². The minimum Gasteiger partial charge on any atom is -0.309 e. The molecule has 0 amide bonds. The second kappa shape index (κ2) is 7.63. The Morgan fingerprint density at radius 2 is 1.20 bits per heavy atom. The lowest BCUT2D eigenvalue weighted by molar-refractivity contribution is 0.607. The Kier molecular flexibility index (Phi) is 4.49. The van der Waals surface area contributed by atoms with E-state index in [4.69, 9.17) is 0 Å². The van der Waals surface area contributed by atoms with Crippen molar-refractivity contribution in [1.29, 1.82) is 0 Å². The second-order valence-corrected chi connectivity index (χ2v) is 10.9. The van der Waals surface area contributed by atoms with Gasteiger partial charge in [0.25, 0.3) is 0 Å². The van der Waals surface area contributed by atoms with Crippen LogP contribution in [0.1, 0.15) is 25.0 Å². The van der Waals surface area contributed by atoms with E-state index in [0.29, 0.717) is 0 Å². The standard InChI is InChI=1S/C33H25NS/c1-33(2)27-13-7-9-15-31(27)35-32-19-17-23(21-28(32)33)22-16-18-30-26(20-22)25-12-6-8-14-29(25)34(30)24-10-4-3-5-11-24/h3-21H,1-2H3. The van der Waals surface area contributed by atoms with Gasteiger partial charge >= 0.3 is 0 Å². The van der Waals surface area contributed by atoms with Crippen LogP contribution in [0.3, 0.4) is 0 Å². The van der Waals surface area contributed by atoms with Gasteiger partial charge in [0, 0.05) is 31.7 Å². The van der Waals surface area contributed by atoms with Gasteiger partial charge in [0.15, 0.2) is 0 Å². The first-order valence-corrected chi connectivity index (χ1v) is 12.9. The normalized spacial score (nSPS) is 14.1. The highest BCUT2D eigenvalue weighted by Gasteiger charge is 2.33. The zero-order chi connectivity index (χ0) is 23.6. The molecule has 1 aliphatic rings. The molecule has 0 saturated carbocycles. The first kappa shape index (κ1) is 20.6. The molecule has 0 spiro atoms. The van der Waals surface area contributed by atoms with Crippen molar-refractivity contribution in [3.05, 3.63) is 126 Å². The molecule has 1 aliphatic heterocycles. The van der Waals surface area contributed by atoms with E-state index in [1.165, 1.54) is 59.5 Å². The number of benzene rings is 5. The summed E-state index contributed by atoms with van der Waals surface area (Å²) >= 11 is 1.89. The lowest BCUT2D eigenvalue weighted by atomic mass is 9.77. The number of rotatable bonds is 2. The van der Waals surface area contributed by atoms with Gasteiger partial charge in [0.2, 0.25) is 0 Å². The Morgan fingerprint density at radius 3 is 2.09 bits per heavy atom. The molecule has 0 aliphatic carbocycles. The predicted molar refractivity (Wildman–Crippen MR) is 149 cm³/mol. The summed E-state index contributed by atoms with van der Waals surface area (Å²) in [7, 11) is 0. The molecule has 0 saturated heterocycles. The first-order chi connectivity index (χ1) is 17.1. The maximum absolute atomic E-state index is 2.41. The van der Waals surface area contributed by atoms with Gasteiger partial charge in [0.1, 0.15) is 0 Å². The third-order valence-electron chi connectivity index (χ3n) is 7.45. The molecule has 168 valence electrons. The average molecular weight is 468 g/mol. The maximum Gasteiger partial charge on any atom is 0.0541 e. The fourth-order valence-electron chi connectivity index (χ4n) is 5.63. The third kappa shape index (κ3) is 3.10. The van der Waals surface area contributed by atoms with Crippen molar-refractivity contribution in [3.63, 3.8) is 0 Å². The summed E-state index contributed by atoms with van der Waals surface area (Å²) in [4.78, 5) is 2.73. The number of nitrogens with zero attached hydrogens (tertiary/aromatic N) is 1. The van der Waals surface area contributed by atoms with Gasteiger partial charge in [-0.2, -0.15) is 0 Å². The van der Waals surface area contributed by atoms with E-state index in [9.17, 15) is 0 Å².